The van der Waals surface area contributed by atoms with Crippen LogP contribution < -0.4 is 4.90 Å². The zero-order chi connectivity index (χ0) is 19.5. The van der Waals surface area contributed by atoms with Crippen LogP contribution in [0.3, 0.4) is 0 Å². The monoisotopic (exact) mass is 401 g/mol. The van der Waals surface area contributed by atoms with E-state index in [0.29, 0.717) is 31.0 Å². The summed E-state index contributed by atoms with van der Waals surface area (Å²) < 4.78 is 13.0. The highest BCUT2D eigenvalue weighted by Crippen LogP contribution is 2.21. The number of hydrogen-bond acceptors (Lipinski definition) is 4. The summed E-state index contributed by atoms with van der Waals surface area (Å²) in [5.74, 6) is -0.284. The molecule has 0 spiro atoms. The third kappa shape index (κ3) is 4.28. The van der Waals surface area contributed by atoms with Gasteiger partial charge in [0.05, 0.1) is 5.71 Å². The fourth-order valence-corrected chi connectivity index (χ4v) is 3.67. The summed E-state index contributed by atoms with van der Waals surface area (Å²) in [6, 6.07) is 14.0. The molecule has 0 aliphatic carbocycles. The molecule has 7 heteroatoms. The number of rotatable bonds is 4. The van der Waals surface area contributed by atoms with Gasteiger partial charge >= 0.3 is 0 Å². The standard InChI is InChI=1S/C21H21ClFN3O2/c22-16-3-7-19(8-4-16)25-9-11-26(12-10-25)21(27)20-14-18(24-28-20)13-15-1-5-17(23)6-2-15/h1-8,20H,9-14H2. The molecule has 0 radical (unpaired) electrons. The van der Waals surface area contributed by atoms with Gasteiger partial charge in [0, 0.05) is 49.7 Å². The Kier molecular flexibility index (Phi) is 5.48. The summed E-state index contributed by atoms with van der Waals surface area (Å²) >= 11 is 5.94. The summed E-state index contributed by atoms with van der Waals surface area (Å²) in [7, 11) is 0. The molecule has 2 aliphatic heterocycles. The first-order chi connectivity index (χ1) is 13.6. The number of benzene rings is 2. The number of amides is 1. The first kappa shape index (κ1) is 18.7. The minimum atomic E-state index is -0.558. The molecule has 0 saturated carbocycles. The van der Waals surface area contributed by atoms with Gasteiger partial charge in [-0.15, -0.1) is 0 Å². The number of anilines is 1. The third-order valence-electron chi connectivity index (χ3n) is 5.11. The normalized spacial score (nSPS) is 19.4. The van der Waals surface area contributed by atoms with E-state index >= 15 is 0 Å². The van der Waals surface area contributed by atoms with Crippen molar-refractivity contribution in [3.05, 3.63) is 64.9 Å². The molecule has 5 nitrogen and oxygen atoms in total. The smallest absolute Gasteiger partial charge is 0.267 e. The molecule has 2 aromatic carbocycles. The Balaban J connectivity index is 1.28. The van der Waals surface area contributed by atoms with E-state index in [4.69, 9.17) is 16.4 Å². The molecule has 4 rings (SSSR count). The van der Waals surface area contributed by atoms with E-state index in [0.717, 1.165) is 30.1 Å². The second-order valence-corrected chi connectivity index (χ2v) is 7.48. The van der Waals surface area contributed by atoms with Crippen LogP contribution in [-0.4, -0.2) is 48.8 Å². The van der Waals surface area contributed by atoms with E-state index in [9.17, 15) is 9.18 Å². The molecule has 1 atom stereocenters. The van der Waals surface area contributed by atoms with Crippen LogP contribution in [0.5, 0.6) is 0 Å². The van der Waals surface area contributed by atoms with Gasteiger partial charge in [-0.3, -0.25) is 4.79 Å². The van der Waals surface area contributed by atoms with E-state index in [1.807, 2.05) is 29.2 Å². The van der Waals surface area contributed by atoms with Crippen molar-refractivity contribution in [3.8, 4) is 0 Å². The maximum absolute atomic E-state index is 13.0. The van der Waals surface area contributed by atoms with Gasteiger partial charge < -0.3 is 14.6 Å². The fourth-order valence-electron chi connectivity index (χ4n) is 3.54. The second kappa shape index (κ2) is 8.19. The van der Waals surface area contributed by atoms with Crippen molar-refractivity contribution in [2.45, 2.75) is 18.9 Å². The molecule has 28 heavy (non-hydrogen) atoms. The van der Waals surface area contributed by atoms with Gasteiger partial charge in [-0.05, 0) is 42.0 Å². The lowest BCUT2D eigenvalue weighted by Crippen LogP contribution is -2.51. The average Bonchev–Trinajstić information content (AvgIpc) is 3.18. The maximum atomic E-state index is 13.0. The quantitative estimate of drug-likeness (QED) is 0.787. The van der Waals surface area contributed by atoms with E-state index in [2.05, 4.69) is 10.1 Å². The summed E-state index contributed by atoms with van der Waals surface area (Å²) in [4.78, 5) is 22.3. The van der Waals surface area contributed by atoms with Crippen LogP contribution in [0.25, 0.3) is 0 Å². The lowest BCUT2D eigenvalue weighted by atomic mass is 10.0. The molecule has 0 aromatic heterocycles. The minimum Gasteiger partial charge on any atom is -0.382 e. The van der Waals surface area contributed by atoms with Gasteiger partial charge in [0.1, 0.15) is 5.82 Å². The zero-order valence-electron chi connectivity index (χ0n) is 15.4. The Morgan fingerprint density at radius 2 is 1.75 bits per heavy atom. The lowest BCUT2D eigenvalue weighted by molar-refractivity contribution is -0.142. The molecule has 1 unspecified atom stereocenters. The van der Waals surface area contributed by atoms with Crippen molar-refractivity contribution < 1.29 is 14.0 Å². The number of carbonyl (C=O) groups is 1. The van der Waals surface area contributed by atoms with Crippen molar-refractivity contribution in [2.75, 3.05) is 31.1 Å². The van der Waals surface area contributed by atoms with Crippen LogP contribution in [0.4, 0.5) is 10.1 Å². The Morgan fingerprint density at radius 1 is 1.07 bits per heavy atom. The molecular formula is C21H21ClFN3O2. The molecule has 0 bridgehead atoms. The fraction of sp³-hybridized carbons (Fsp3) is 0.333. The molecular weight excluding hydrogens is 381 g/mol. The van der Waals surface area contributed by atoms with Gasteiger partial charge in [-0.1, -0.05) is 28.9 Å². The van der Waals surface area contributed by atoms with Gasteiger partial charge in [-0.2, -0.15) is 0 Å². The van der Waals surface area contributed by atoms with Crippen LogP contribution in [0.2, 0.25) is 5.02 Å². The van der Waals surface area contributed by atoms with Crippen LogP contribution in [0, 0.1) is 5.82 Å². The van der Waals surface area contributed by atoms with Crippen LogP contribution in [0.15, 0.2) is 53.7 Å². The number of halogens is 2. The van der Waals surface area contributed by atoms with Crippen molar-refractivity contribution in [2.24, 2.45) is 5.16 Å². The summed E-state index contributed by atoms with van der Waals surface area (Å²) in [5.41, 5.74) is 2.87. The molecule has 1 amide bonds. The predicted molar refractivity (Wildman–Crippen MR) is 107 cm³/mol. The summed E-state index contributed by atoms with van der Waals surface area (Å²) in [5, 5.41) is 4.79. The molecule has 2 aliphatic rings. The van der Waals surface area contributed by atoms with E-state index in [1.165, 1.54) is 12.1 Å². The summed E-state index contributed by atoms with van der Waals surface area (Å²) in [6.45, 7) is 2.83. The molecule has 146 valence electrons. The zero-order valence-corrected chi connectivity index (χ0v) is 16.1. The van der Waals surface area contributed by atoms with Gasteiger partial charge in [-0.25, -0.2) is 4.39 Å². The molecule has 2 aromatic rings. The van der Waals surface area contributed by atoms with Gasteiger partial charge in [0.2, 0.25) is 6.10 Å². The number of hydrogen-bond donors (Lipinski definition) is 0. The second-order valence-electron chi connectivity index (χ2n) is 7.05. The van der Waals surface area contributed by atoms with Crippen LogP contribution >= 0.6 is 11.6 Å². The van der Waals surface area contributed by atoms with Crippen molar-refractivity contribution in [1.29, 1.82) is 0 Å². The van der Waals surface area contributed by atoms with Crippen LogP contribution in [0.1, 0.15) is 12.0 Å². The van der Waals surface area contributed by atoms with Gasteiger partial charge in [0.15, 0.2) is 0 Å². The topological polar surface area (TPSA) is 45.1 Å². The molecule has 0 N–H and O–H groups in total. The van der Waals surface area contributed by atoms with E-state index in [-0.39, 0.29) is 11.7 Å². The Labute approximate surface area is 168 Å². The SMILES string of the molecule is O=C(C1CC(Cc2ccc(F)cc2)=NO1)N1CCN(c2ccc(Cl)cc2)CC1. The average molecular weight is 402 g/mol. The Bertz CT molecular complexity index is 858. The van der Waals surface area contributed by atoms with Gasteiger partial charge in [0.25, 0.3) is 5.91 Å². The first-order valence-electron chi connectivity index (χ1n) is 9.34. The third-order valence-corrected chi connectivity index (χ3v) is 5.36. The number of oxime groups is 1. The summed E-state index contributed by atoms with van der Waals surface area (Å²) in [6.07, 6.45) is 0.486. The Hall–Kier alpha value is -2.60. The predicted octanol–water partition coefficient (Wildman–Crippen LogP) is 3.52. The van der Waals surface area contributed by atoms with Crippen molar-refractivity contribution in [3.63, 3.8) is 0 Å². The number of nitrogens with zero attached hydrogens (tertiary/aromatic N) is 3. The maximum Gasteiger partial charge on any atom is 0.267 e. The first-order valence-corrected chi connectivity index (χ1v) is 9.71. The Morgan fingerprint density at radius 3 is 2.43 bits per heavy atom. The van der Waals surface area contributed by atoms with Crippen molar-refractivity contribution in [1.82, 2.24) is 4.90 Å². The molecule has 1 fully saturated rings. The molecule has 2 heterocycles. The highest BCUT2D eigenvalue weighted by atomic mass is 35.5. The largest absolute Gasteiger partial charge is 0.382 e. The minimum absolute atomic E-state index is 0.0198. The molecule has 1 saturated heterocycles. The lowest BCUT2D eigenvalue weighted by Gasteiger charge is -2.36. The van der Waals surface area contributed by atoms with E-state index in [1.54, 1.807) is 12.1 Å². The number of carbonyl (C=O) groups excluding carboxylic acids is 1. The highest BCUT2D eigenvalue weighted by Gasteiger charge is 2.33. The highest BCUT2D eigenvalue weighted by molar-refractivity contribution is 6.30. The van der Waals surface area contributed by atoms with E-state index < -0.39 is 6.10 Å². The van der Waals surface area contributed by atoms with Crippen LogP contribution in [-0.2, 0) is 16.1 Å². The number of piperazine rings is 1. The van der Waals surface area contributed by atoms with Crippen molar-refractivity contribution >= 4 is 28.9 Å².